The van der Waals surface area contributed by atoms with Crippen molar-refractivity contribution in [3.05, 3.63) is 29.3 Å². The molecule has 18 heavy (non-hydrogen) atoms. The van der Waals surface area contributed by atoms with Crippen LogP contribution in [0, 0.1) is 5.92 Å². The van der Waals surface area contributed by atoms with Gasteiger partial charge in [0, 0.05) is 24.8 Å². The van der Waals surface area contributed by atoms with Crippen molar-refractivity contribution in [1.82, 2.24) is 4.90 Å². The predicted molar refractivity (Wildman–Crippen MR) is 76.1 cm³/mol. The second-order valence-corrected chi connectivity index (χ2v) is 6.16. The number of anilines is 1. The van der Waals surface area contributed by atoms with Crippen LogP contribution in [0.1, 0.15) is 50.2 Å². The highest BCUT2D eigenvalue weighted by Crippen LogP contribution is 2.33. The summed E-state index contributed by atoms with van der Waals surface area (Å²) in [7, 11) is 0. The number of nitrogens with zero attached hydrogens (tertiary/aromatic N) is 1. The largest absolute Gasteiger partial charge is 0.398 e. The summed E-state index contributed by atoms with van der Waals surface area (Å²) in [5.74, 6) is 0.921. The van der Waals surface area contributed by atoms with Crippen molar-refractivity contribution < 1.29 is 0 Å². The molecule has 2 unspecified atom stereocenters. The Kier molecular flexibility index (Phi) is 3.29. The third kappa shape index (κ3) is 2.26. The number of hydrogen-bond acceptors (Lipinski definition) is 2. The van der Waals surface area contributed by atoms with Gasteiger partial charge in [-0.25, -0.2) is 0 Å². The molecule has 1 heterocycles. The molecule has 1 saturated carbocycles. The Morgan fingerprint density at radius 2 is 2.00 bits per heavy atom. The highest BCUT2D eigenvalue weighted by Gasteiger charge is 2.28. The lowest BCUT2D eigenvalue weighted by atomic mass is 10.0. The Morgan fingerprint density at radius 3 is 2.83 bits per heavy atom. The number of rotatable bonds is 1. The minimum atomic E-state index is 0.779. The van der Waals surface area contributed by atoms with Crippen molar-refractivity contribution in [3.8, 4) is 0 Å². The van der Waals surface area contributed by atoms with E-state index in [0.29, 0.717) is 0 Å². The molecular weight excluding hydrogens is 220 g/mol. The normalized spacial score (nSPS) is 28.9. The Hall–Kier alpha value is -1.02. The molecule has 1 aromatic rings. The summed E-state index contributed by atoms with van der Waals surface area (Å²) >= 11 is 0. The van der Waals surface area contributed by atoms with Crippen LogP contribution < -0.4 is 5.73 Å². The van der Waals surface area contributed by atoms with E-state index in [1.54, 1.807) is 0 Å². The highest BCUT2D eigenvalue weighted by molar-refractivity contribution is 5.52. The summed E-state index contributed by atoms with van der Waals surface area (Å²) in [4.78, 5) is 2.65. The van der Waals surface area contributed by atoms with E-state index in [1.165, 1.54) is 43.2 Å². The number of benzene rings is 1. The van der Waals surface area contributed by atoms with Crippen molar-refractivity contribution in [3.63, 3.8) is 0 Å². The summed E-state index contributed by atoms with van der Waals surface area (Å²) in [5.41, 5.74) is 9.91. The smallest absolute Gasteiger partial charge is 0.0363 e. The van der Waals surface area contributed by atoms with Crippen molar-refractivity contribution in [1.29, 1.82) is 0 Å². The maximum Gasteiger partial charge on any atom is 0.0363 e. The minimum absolute atomic E-state index is 0.779. The summed E-state index contributed by atoms with van der Waals surface area (Å²) in [6, 6.07) is 7.15. The highest BCUT2D eigenvalue weighted by atomic mass is 15.2. The van der Waals surface area contributed by atoms with Crippen LogP contribution in [0.25, 0.3) is 0 Å². The molecule has 0 bridgehead atoms. The lowest BCUT2D eigenvalue weighted by molar-refractivity contribution is 0.180. The summed E-state index contributed by atoms with van der Waals surface area (Å²) in [6.45, 7) is 4.58. The molecule has 0 saturated heterocycles. The fourth-order valence-corrected chi connectivity index (χ4v) is 3.56. The van der Waals surface area contributed by atoms with E-state index < -0.39 is 0 Å². The van der Waals surface area contributed by atoms with Gasteiger partial charge in [0.15, 0.2) is 0 Å². The average molecular weight is 244 g/mol. The van der Waals surface area contributed by atoms with Crippen molar-refractivity contribution in [2.24, 2.45) is 5.92 Å². The van der Waals surface area contributed by atoms with Crippen LogP contribution in [0.2, 0.25) is 0 Å². The lowest BCUT2D eigenvalue weighted by Crippen LogP contribution is -2.30. The molecule has 2 atom stereocenters. The van der Waals surface area contributed by atoms with Crippen LogP contribution in [0.4, 0.5) is 5.69 Å². The van der Waals surface area contributed by atoms with Gasteiger partial charge in [-0.1, -0.05) is 31.9 Å². The van der Waals surface area contributed by atoms with Gasteiger partial charge in [0.25, 0.3) is 0 Å². The fourth-order valence-electron chi connectivity index (χ4n) is 3.56. The summed E-state index contributed by atoms with van der Waals surface area (Å²) in [5, 5.41) is 0. The standard InChI is InChI=1S/C16H24N2/c1-12-4-2-6-14(9-8-12)18-10-13-5-3-7-16(17)15(13)11-18/h3,5,7,12,14H,2,4,6,8-11,17H2,1H3. The minimum Gasteiger partial charge on any atom is -0.398 e. The van der Waals surface area contributed by atoms with Crippen molar-refractivity contribution in [2.45, 2.75) is 58.2 Å². The molecule has 1 aliphatic carbocycles. The molecule has 0 radical (unpaired) electrons. The first kappa shape index (κ1) is 12.0. The Labute approximate surface area is 110 Å². The van der Waals surface area contributed by atoms with Gasteiger partial charge in [-0.2, -0.15) is 0 Å². The predicted octanol–water partition coefficient (Wildman–Crippen LogP) is 3.55. The second-order valence-electron chi connectivity index (χ2n) is 6.16. The molecule has 1 aromatic carbocycles. The van der Waals surface area contributed by atoms with Crippen LogP contribution in [-0.2, 0) is 13.1 Å². The molecule has 1 aliphatic heterocycles. The topological polar surface area (TPSA) is 29.3 Å². The lowest BCUT2D eigenvalue weighted by Gasteiger charge is -2.26. The Morgan fingerprint density at radius 1 is 1.11 bits per heavy atom. The quantitative estimate of drug-likeness (QED) is 0.604. The monoisotopic (exact) mass is 244 g/mol. The molecule has 0 spiro atoms. The Balaban J connectivity index is 1.71. The van der Waals surface area contributed by atoms with Gasteiger partial charge in [-0.15, -0.1) is 0 Å². The SMILES string of the molecule is CC1CCCC(N2Cc3cccc(N)c3C2)CC1. The average Bonchev–Trinajstić information content (AvgIpc) is 2.67. The van der Waals surface area contributed by atoms with E-state index in [-0.39, 0.29) is 0 Å². The summed E-state index contributed by atoms with van der Waals surface area (Å²) in [6.07, 6.45) is 6.95. The van der Waals surface area contributed by atoms with E-state index in [4.69, 9.17) is 5.73 Å². The number of fused-ring (bicyclic) bond motifs is 1. The zero-order valence-corrected chi connectivity index (χ0v) is 11.4. The van der Waals surface area contributed by atoms with Crippen LogP contribution in [-0.4, -0.2) is 10.9 Å². The van der Waals surface area contributed by atoms with Crippen LogP contribution in [0.3, 0.4) is 0 Å². The molecule has 2 nitrogen and oxygen atoms in total. The molecule has 0 amide bonds. The van der Waals surface area contributed by atoms with E-state index >= 15 is 0 Å². The van der Waals surface area contributed by atoms with E-state index in [9.17, 15) is 0 Å². The Bertz CT molecular complexity index is 427. The zero-order chi connectivity index (χ0) is 12.5. The molecule has 3 rings (SSSR count). The van der Waals surface area contributed by atoms with Crippen LogP contribution >= 0.6 is 0 Å². The maximum atomic E-state index is 6.09. The third-order valence-electron chi connectivity index (χ3n) is 4.79. The maximum absolute atomic E-state index is 6.09. The molecule has 98 valence electrons. The molecule has 0 aromatic heterocycles. The molecular formula is C16H24N2. The molecule has 1 fully saturated rings. The van der Waals surface area contributed by atoms with Gasteiger partial charge < -0.3 is 5.73 Å². The first-order valence-electron chi connectivity index (χ1n) is 7.34. The van der Waals surface area contributed by atoms with Crippen LogP contribution in [0.15, 0.2) is 18.2 Å². The van der Waals surface area contributed by atoms with Crippen molar-refractivity contribution >= 4 is 5.69 Å². The van der Waals surface area contributed by atoms with Crippen molar-refractivity contribution in [2.75, 3.05) is 5.73 Å². The van der Waals surface area contributed by atoms with Gasteiger partial charge in [-0.3, -0.25) is 4.90 Å². The van der Waals surface area contributed by atoms with Gasteiger partial charge in [0.05, 0.1) is 0 Å². The number of nitrogen functional groups attached to an aromatic ring is 1. The van der Waals surface area contributed by atoms with E-state index in [2.05, 4.69) is 24.0 Å². The second kappa shape index (κ2) is 4.93. The van der Waals surface area contributed by atoms with Crippen LogP contribution in [0.5, 0.6) is 0 Å². The summed E-state index contributed by atoms with van der Waals surface area (Å²) < 4.78 is 0. The van der Waals surface area contributed by atoms with Gasteiger partial charge in [0.2, 0.25) is 0 Å². The first-order chi connectivity index (χ1) is 8.74. The molecule has 2 aliphatic rings. The van der Waals surface area contributed by atoms with Gasteiger partial charge in [0.1, 0.15) is 0 Å². The third-order valence-corrected chi connectivity index (χ3v) is 4.79. The number of hydrogen-bond donors (Lipinski definition) is 1. The zero-order valence-electron chi connectivity index (χ0n) is 11.4. The van der Waals surface area contributed by atoms with Gasteiger partial charge >= 0.3 is 0 Å². The van der Waals surface area contributed by atoms with E-state index in [0.717, 1.165) is 30.7 Å². The van der Waals surface area contributed by atoms with Gasteiger partial charge in [-0.05, 0) is 42.4 Å². The number of nitrogens with two attached hydrogens (primary N) is 1. The fraction of sp³-hybridized carbons (Fsp3) is 0.625. The first-order valence-corrected chi connectivity index (χ1v) is 7.34. The van der Waals surface area contributed by atoms with E-state index in [1.807, 2.05) is 6.07 Å². The molecule has 2 heteroatoms. The molecule has 2 N–H and O–H groups in total.